The van der Waals surface area contributed by atoms with Gasteiger partial charge in [0.15, 0.2) is 0 Å². The maximum Gasteiger partial charge on any atom is 0.310 e. The first kappa shape index (κ1) is 15.8. The summed E-state index contributed by atoms with van der Waals surface area (Å²) in [6, 6.07) is 0.512. The molecule has 4 heteroatoms. The normalized spacial score (nSPS) is 35.5. The van der Waals surface area contributed by atoms with E-state index in [0.717, 1.165) is 0 Å². The molecule has 0 bridgehead atoms. The molecule has 1 N–H and O–H groups in total. The first-order chi connectivity index (χ1) is 9.32. The minimum atomic E-state index is -0.720. The first-order valence-electron chi connectivity index (χ1n) is 7.85. The fourth-order valence-corrected chi connectivity index (χ4v) is 4.04. The van der Waals surface area contributed by atoms with Crippen LogP contribution < -0.4 is 0 Å². The Balaban J connectivity index is 2.13. The largest absolute Gasteiger partial charge is 0.481 e. The molecule has 0 aromatic carbocycles. The van der Waals surface area contributed by atoms with Gasteiger partial charge in [0.05, 0.1) is 19.1 Å². The Morgan fingerprint density at radius 3 is 2.40 bits per heavy atom. The molecule has 0 amide bonds. The Labute approximate surface area is 122 Å². The van der Waals surface area contributed by atoms with Crippen LogP contribution in [0.25, 0.3) is 0 Å². The van der Waals surface area contributed by atoms with Crippen LogP contribution in [0.3, 0.4) is 0 Å². The lowest BCUT2D eigenvalue weighted by Gasteiger charge is -2.46. The number of rotatable bonds is 3. The maximum absolute atomic E-state index is 11.4. The molecule has 0 aromatic heterocycles. The van der Waals surface area contributed by atoms with Crippen molar-refractivity contribution in [3.63, 3.8) is 0 Å². The summed E-state index contributed by atoms with van der Waals surface area (Å²) in [4.78, 5) is 13.7. The third-order valence-corrected chi connectivity index (χ3v) is 5.26. The van der Waals surface area contributed by atoms with Gasteiger partial charge in [0.25, 0.3) is 0 Å². The van der Waals surface area contributed by atoms with Crippen molar-refractivity contribution in [3.8, 4) is 0 Å². The maximum atomic E-state index is 11.4. The van der Waals surface area contributed by atoms with Gasteiger partial charge in [0, 0.05) is 12.1 Å². The summed E-state index contributed by atoms with van der Waals surface area (Å²) in [5, 5.41) is 9.35. The van der Waals surface area contributed by atoms with Crippen LogP contribution in [0, 0.1) is 17.3 Å². The van der Waals surface area contributed by atoms with E-state index in [2.05, 4.69) is 32.7 Å². The average Bonchev–Trinajstić information content (AvgIpc) is 2.86. The van der Waals surface area contributed by atoms with E-state index in [0.29, 0.717) is 25.2 Å². The summed E-state index contributed by atoms with van der Waals surface area (Å²) in [6.07, 6.45) is 4.99. The lowest BCUT2D eigenvalue weighted by atomic mass is 9.69. The van der Waals surface area contributed by atoms with E-state index >= 15 is 0 Å². The fourth-order valence-electron chi connectivity index (χ4n) is 4.04. The molecule has 20 heavy (non-hydrogen) atoms. The number of likely N-dealkylation sites (N-methyl/N-ethyl adjacent to an activating group) is 1. The Kier molecular flexibility index (Phi) is 4.75. The number of carboxylic acids is 1. The van der Waals surface area contributed by atoms with Crippen molar-refractivity contribution in [2.24, 2.45) is 17.3 Å². The molecule has 0 spiro atoms. The lowest BCUT2D eigenvalue weighted by Crippen LogP contribution is -2.52. The highest BCUT2D eigenvalue weighted by molar-refractivity contribution is 5.71. The minimum Gasteiger partial charge on any atom is -0.481 e. The Bertz CT molecular complexity index is 350. The second-order valence-corrected chi connectivity index (χ2v) is 7.54. The van der Waals surface area contributed by atoms with Crippen molar-refractivity contribution in [2.75, 3.05) is 20.3 Å². The molecule has 0 aromatic rings. The van der Waals surface area contributed by atoms with E-state index < -0.39 is 5.97 Å². The summed E-state index contributed by atoms with van der Waals surface area (Å²) in [5.74, 6) is -0.457. The zero-order valence-corrected chi connectivity index (χ0v) is 13.3. The highest BCUT2D eigenvalue weighted by Gasteiger charge is 2.43. The average molecular weight is 283 g/mol. The van der Waals surface area contributed by atoms with Gasteiger partial charge in [-0.2, -0.15) is 0 Å². The number of hydrogen-bond acceptors (Lipinski definition) is 3. The number of ether oxygens (including phenoxy) is 1. The molecule has 116 valence electrons. The Morgan fingerprint density at radius 1 is 1.15 bits per heavy atom. The summed E-state index contributed by atoms with van der Waals surface area (Å²) < 4.78 is 5.44. The van der Waals surface area contributed by atoms with Crippen molar-refractivity contribution in [3.05, 3.63) is 0 Å². The van der Waals surface area contributed by atoms with Gasteiger partial charge in [-0.3, -0.25) is 9.69 Å². The summed E-state index contributed by atoms with van der Waals surface area (Å²) in [6.45, 7) is 7.84. The SMILES string of the molecule is CN(C1COCC1C(=O)O)C1CCCCC1C(C)(C)C. The van der Waals surface area contributed by atoms with Crippen LogP contribution in [-0.2, 0) is 9.53 Å². The number of carbonyl (C=O) groups is 1. The molecule has 4 atom stereocenters. The third-order valence-electron chi connectivity index (χ3n) is 5.26. The molecule has 0 radical (unpaired) electrons. The van der Waals surface area contributed by atoms with Crippen LogP contribution in [0.2, 0.25) is 0 Å². The van der Waals surface area contributed by atoms with Gasteiger partial charge in [-0.05, 0) is 31.2 Å². The molecule has 1 saturated heterocycles. The summed E-state index contributed by atoms with van der Waals surface area (Å²) in [5.41, 5.74) is 0.275. The monoisotopic (exact) mass is 283 g/mol. The van der Waals surface area contributed by atoms with Crippen LogP contribution in [-0.4, -0.2) is 48.3 Å². The number of carboxylic acid groups (broad SMARTS) is 1. The lowest BCUT2D eigenvalue weighted by molar-refractivity contribution is -0.143. The molecule has 1 aliphatic carbocycles. The predicted molar refractivity (Wildman–Crippen MR) is 78.7 cm³/mol. The predicted octanol–water partition coefficient (Wildman–Crippen LogP) is 2.62. The number of hydrogen-bond donors (Lipinski definition) is 1. The molecule has 1 saturated carbocycles. The summed E-state index contributed by atoms with van der Waals surface area (Å²) >= 11 is 0. The molecule has 2 fully saturated rings. The number of aliphatic carboxylic acids is 1. The Hall–Kier alpha value is -0.610. The van der Waals surface area contributed by atoms with Gasteiger partial charge in [-0.15, -0.1) is 0 Å². The van der Waals surface area contributed by atoms with E-state index in [1.165, 1.54) is 25.7 Å². The molecular weight excluding hydrogens is 254 g/mol. The zero-order chi connectivity index (χ0) is 14.9. The molecule has 1 heterocycles. The van der Waals surface area contributed by atoms with Crippen LogP contribution in [0.5, 0.6) is 0 Å². The van der Waals surface area contributed by atoms with Gasteiger partial charge in [-0.1, -0.05) is 33.6 Å². The van der Waals surface area contributed by atoms with E-state index in [9.17, 15) is 9.90 Å². The standard InChI is InChI=1S/C16H29NO3/c1-16(2,3)12-7-5-6-8-13(12)17(4)14-10-20-9-11(14)15(18)19/h11-14H,5-10H2,1-4H3,(H,18,19). The van der Waals surface area contributed by atoms with Crippen LogP contribution in [0.15, 0.2) is 0 Å². The Morgan fingerprint density at radius 2 is 1.80 bits per heavy atom. The highest BCUT2D eigenvalue weighted by Crippen LogP contribution is 2.41. The first-order valence-corrected chi connectivity index (χ1v) is 7.85. The van der Waals surface area contributed by atoms with Crippen molar-refractivity contribution in [1.29, 1.82) is 0 Å². The fraction of sp³-hybridized carbons (Fsp3) is 0.938. The summed E-state index contributed by atoms with van der Waals surface area (Å²) in [7, 11) is 2.10. The third kappa shape index (κ3) is 3.17. The van der Waals surface area contributed by atoms with Crippen LogP contribution in [0.1, 0.15) is 46.5 Å². The van der Waals surface area contributed by atoms with Crippen molar-refractivity contribution >= 4 is 5.97 Å². The molecule has 1 aliphatic heterocycles. The van der Waals surface area contributed by atoms with Crippen molar-refractivity contribution < 1.29 is 14.6 Å². The molecule has 2 rings (SSSR count). The van der Waals surface area contributed by atoms with Crippen molar-refractivity contribution in [1.82, 2.24) is 4.90 Å². The van der Waals surface area contributed by atoms with Gasteiger partial charge in [-0.25, -0.2) is 0 Å². The topological polar surface area (TPSA) is 49.8 Å². The van der Waals surface area contributed by atoms with Gasteiger partial charge < -0.3 is 9.84 Å². The van der Waals surface area contributed by atoms with Crippen LogP contribution in [0.4, 0.5) is 0 Å². The zero-order valence-electron chi connectivity index (χ0n) is 13.3. The van der Waals surface area contributed by atoms with Gasteiger partial charge in [0.1, 0.15) is 0 Å². The highest BCUT2D eigenvalue weighted by atomic mass is 16.5. The van der Waals surface area contributed by atoms with Gasteiger partial charge in [0.2, 0.25) is 0 Å². The quantitative estimate of drug-likeness (QED) is 0.865. The molecule has 4 unspecified atom stereocenters. The number of nitrogens with zero attached hydrogens (tertiary/aromatic N) is 1. The second-order valence-electron chi connectivity index (χ2n) is 7.54. The van der Waals surface area contributed by atoms with E-state index in [1.807, 2.05) is 0 Å². The van der Waals surface area contributed by atoms with Crippen molar-refractivity contribution in [2.45, 2.75) is 58.5 Å². The minimum absolute atomic E-state index is 0.0282. The molecule has 4 nitrogen and oxygen atoms in total. The van der Waals surface area contributed by atoms with Crippen LogP contribution >= 0.6 is 0 Å². The molecule has 2 aliphatic rings. The van der Waals surface area contributed by atoms with E-state index in [4.69, 9.17) is 4.74 Å². The second kappa shape index (κ2) is 6.02. The van der Waals surface area contributed by atoms with E-state index in [-0.39, 0.29) is 17.4 Å². The smallest absolute Gasteiger partial charge is 0.310 e. The molecular formula is C16H29NO3. The van der Waals surface area contributed by atoms with Gasteiger partial charge >= 0.3 is 5.97 Å². The van der Waals surface area contributed by atoms with E-state index in [1.54, 1.807) is 0 Å².